The molecule has 0 aromatic heterocycles. The zero-order valence-electron chi connectivity index (χ0n) is 18.6. The smallest absolute Gasteiger partial charge is 0.166 e. The summed E-state index contributed by atoms with van der Waals surface area (Å²) in [5.74, 6) is 7.44. The summed E-state index contributed by atoms with van der Waals surface area (Å²) in [5, 5.41) is 4.01. The van der Waals surface area contributed by atoms with Gasteiger partial charge in [-0.05, 0) is 48.6 Å². The Hall–Kier alpha value is -2.42. The molecule has 0 saturated heterocycles. The summed E-state index contributed by atoms with van der Waals surface area (Å²) < 4.78 is 0. The predicted octanol–water partition coefficient (Wildman–Crippen LogP) is 6.55. The van der Waals surface area contributed by atoms with Crippen molar-refractivity contribution in [3.8, 4) is 0 Å². The van der Waals surface area contributed by atoms with E-state index in [2.05, 4.69) is 17.2 Å². The lowest BCUT2D eigenvalue weighted by molar-refractivity contribution is 0.0710. The van der Waals surface area contributed by atoms with Gasteiger partial charge in [-0.15, -0.1) is 0 Å². The molecule has 3 heteroatoms. The second-order valence-electron chi connectivity index (χ2n) is 9.50. The number of benzene rings is 2. The van der Waals surface area contributed by atoms with E-state index in [-0.39, 0.29) is 5.92 Å². The molecule has 3 nitrogen and oxygen atoms in total. The molecule has 0 atom stereocenters. The molecule has 0 radical (unpaired) electrons. The minimum atomic E-state index is 0.219. The predicted molar refractivity (Wildman–Crippen MR) is 128 cm³/mol. The number of nitrogens with two attached hydrogens (primary N) is 1. The van der Waals surface area contributed by atoms with Crippen molar-refractivity contribution in [1.82, 2.24) is 0 Å². The molecule has 2 N–H and O–H groups in total. The van der Waals surface area contributed by atoms with Gasteiger partial charge in [0.25, 0.3) is 0 Å². The molecular weight excluding hydrogens is 380 g/mol. The number of hydrazone groups is 1. The van der Waals surface area contributed by atoms with Crippen LogP contribution in [0.25, 0.3) is 0 Å². The van der Waals surface area contributed by atoms with Gasteiger partial charge in [-0.25, -0.2) is 0 Å². The number of Topliss-reactive ketones (excluding diaryl/α,β-unsaturated/α-hetero) is 1. The minimum absolute atomic E-state index is 0.219. The Morgan fingerprint density at radius 1 is 0.774 bits per heavy atom. The third-order valence-electron chi connectivity index (χ3n) is 7.49. The standard InChI is InChI=1S/C28H36N2O/c29-30-26(22-10-4-1-5-11-22)20-21-16-18-25(19-17-21)28(31)27(23-12-6-2-7-13-23)24-14-8-3-9-15-24/h1,4-5,10-11,16-19,23-24,27H,2-3,6-9,12-15,20,29H2/b30-26+. The average molecular weight is 417 g/mol. The quantitative estimate of drug-likeness (QED) is 0.241. The zero-order valence-corrected chi connectivity index (χ0v) is 18.6. The summed E-state index contributed by atoms with van der Waals surface area (Å²) >= 11 is 0. The van der Waals surface area contributed by atoms with Crippen molar-refractivity contribution < 1.29 is 4.79 Å². The molecule has 0 unspecified atom stereocenters. The third-order valence-corrected chi connectivity index (χ3v) is 7.49. The Bertz CT molecular complexity index is 842. The van der Waals surface area contributed by atoms with Crippen LogP contribution in [0.3, 0.4) is 0 Å². The van der Waals surface area contributed by atoms with Crippen LogP contribution in [0.2, 0.25) is 0 Å². The van der Waals surface area contributed by atoms with Crippen LogP contribution in [0.1, 0.15) is 85.7 Å². The zero-order chi connectivity index (χ0) is 21.5. The Balaban J connectivity index is 1.50. The van der Waals surface area contributed by atoms with Gasteiger partial charge >= 0.3 is 0 Å². The van der Waals surface area contributed by atoms with Crippen LogP contribution in [-0.2, 0) is 6.42 Å². The van der Waals surface area contributed by atoms with Crippen molar-refractivity contribution >= 4 is 11.5 Å². The normalized spacial score (nSPS) is 18.9. The second kappa shape index (κ2) is 10.7. The van der Waals surface area contributed by atoms with Gasteiger partial charge in [0.15, 0.2) is 5.78 Å². The molecule has 2 aliphatic rings. The van der Waals surface area contributed by atoms with Crippen LogP contribution in [0, 0.1) is 17.8 Å². The van der Waals surface area contributed by atoms with Gasteiger partial charge in [0.2, 0.25) is 0 Å². The van der Waals surface area contributed by atoms with Crippen molar-refractivity contribution in [3.05, 3.63) is 71.3 Å². The number of rotatable bonds is 7. The van der Waals surface area contributed by atoms with Crippen LogP contribution in [0.15, 0.2) is 59.7 Å². The largest absolute Gasteiger partial charge is 0.323 e. The molecule has 31 heavy (non-hydrogen) atoms. The molecule has 2 aromatic rings. The molecule has 2 fully saturated rings. The fraction of sp³-hybridized carbons (Fsp3) is 0.500. The second-order valence-corrected chi connectivity index (χ2v) is 9.50. The highest BCUT2D eigenvalue weighted by molar-refractivity contribution is 6.02. The van der Waals surface area contributed by atoms with Gasteiger partial charge in [0.1, 0.15) is 0 Å². The number of carbonyl (C=O) groups excluding carboxylic acids is 1. The lowest BCUT2D eigenvalue weighted by Crippen LogP contribution is -2.33. The van der Waals surface area contributed by atoms with Crippen molar-refractivity contribution in [3.63, 3.8) is 0 Å². The minimum Gasteiger partial charge on any atom is -0.323 e. The van der Waals surface area contributed by atoms with E-state index in [1.165, 1.54) is 64.2 Å². The number of hydrogen-bond donors (Lipinski definition) is 1. The lowest BCUT2D eigenvalue weighted by atomic mass is 9.67. The van der Waals surface area contributed by atoms with Gasteiger partial charge < -0.3 is 5.84 Å². The Morgan fingerprint density at radius 3 is 1.84 bits per heavy atom. The van der Waals surface area contributed by atoms with E-state index in [4.69, 9.17) is 5.84 Å². The molecule has 2 aromatic carbocycles. The molecule has 2 aliphatic carbocycles. The summed E-state index contributed by atoms with van der Waals surface area (Å²) in [7, 11) is 0. The summed E-state index contributed by atoms with van der Waals surface area (Å²) in [6.45, 7) is 0. The SMILES string of the molecule is N/N=C(\Cc1ccc(C(=O)C(C2CCCCC2)C2CCCCC2)cc1)c1ccccc1. The number of hydrogen-bond acceptors (Lipinski definition) is 3. The third kappa shape index (κ3) is 5.44. The maximum Gasteiger partial charge on any atom is 0.166 e. The van der Waals surface area contributed by atoms with Crippen molar-refractivity contribution in [2.24, 2.45) is 28.7 Å². The van der Waals surface area contributed by atoms with Crippen LogP contribution < -0.4 is 5.84 Å². The van der Waals surface area contributed by atoms with E-state index in [9.17, 15) is 4.79 Å². The molecule has 4 rings (SSSR count). The van der Waals surface area contributed by atoms with Gasteiger partial charge in [0, 0.05) is 17.9 Å². The molecule has 0 bridgehead atoms. The Kier molecular flexibility index (Phi) is 7.56. The molecule has 0 amide bonds. The molecular formula is C28H36N2O. The van der Waals surface area contributed by atoms with Crippen molar-refractivity contribution in [2.75, 3.05) is 0 Å². The first-order chi connectivity index (χ1) is 15.3. The Morgan fingerprint density at radius 2 is 1.32 bits per heavy atom. The van der Waals surface area contributed by atoms with E-state index in [0.717, 1.165) is 22.4 Å². The molecule has 0 spiro atoms. The maximum absolute atomic E-state index is 13.7. The van der Waals surface area contributed by atoms with Crippen molar-refractivity contribution in [1.29, 1.82) is 0 Å². The summed E-state index contributed by atoms with van der Waals surface area (Å²) in [6, 6.07) is 18.3. The first-order valence-electron chi connectivity index (χ1n) is 12.2. The van der Waals surface area contributed by atoms with Gasteiger partial charge in [0.05, 0.1) is 5.71 Å². The van der Waals surface area contributed by atoms with Crippen LogP contribution in [0.5, 0.6) is 0 Å². The number of nitrogens with zero attached hydrogens (tertiary/aromatic N) is 1. The van der Waals surface area contributed by atoms with E-state index in [1.54, 1.807) is 0 Å². The first kappa shape index (κ1) is 21.8. The Labute approximate surface area is 187 Å². The van der Waals surface area contributed by atoms with Crippen LogP contribution >= 0.6 is 0 Å². The van der Waals surface area contributed by atoms with Gasteiger partial charge in [-0.3, -0.25) is 4.79 Å². The van der Waals surface area contributed by atoms with E-state index in [0.29, 0.717) is 24.0 Å². The van der Waals surface area contributed by atoms with E-state index < -0.39 is 0 Å². The van der Waals surface area contributed by atoms with Crippen LogP contribution in [0.4, 0.5) is 0 Å². The summed E-state index contributed by atoms with van der Waals surface area (Å²) in [4.78, 5) is 13.7. The topological polar surface area (TPSA) is 55.4 Å². The molecule has 0 aliphatic heterocycles. The summed E-state index contributed by atoms with van der Waals surface area (Å²) in [6.07, 6.45) is 13.5. The highest BCUT2D eigenvalue weighted by atomic mass is 16.1. The van der Waals surface area contributed by atoms with Crippen molar-refractivity contribution in [2.45, 2.75) is 70.6 Å². The fourth-order valence-electron chi connectivity index (χ4n) is 5.83. The molecule has 2 saturated carbocycles. The van der Waals surface area contributed by atoms with Gasteiger partial charge in [-0.2, -0.15) is 5.10 Å². The highest BCUT2D eigenvalue weighted by Gasteiger charge is 2.36. The number of carbonyl (C=O) groups is 1. The van der Waals surface area contributed by atoms with E-state index >= 15 is 0 Å². The lowest BCUT2D eigenvalue weighted by Gasteiger charge is -2.37. The van der Waals surface area contributed by atoms with Gasteiger partial charge in [-0.1, -0.05) is 93.1 Å². The molecule has 164 valence electrons. The van der Waals surface area contributed by atoms with E-state index in [1.807, 2.05) is 42.5 Å². The highest BCUT2D eigenvalue weighted by Crippen LogP contribution is 2.41. The van der Waals surface area contributed by atoms with Crippen LogP contribution in [-0.4, -0.2) is 11.5 Å². The summed E-state index contributed by atoms with van der Waals surface area (Å²) in [5.41, 5.74) is 3.93. The first-order valence-corrected chi connectivity index (χ1v) is 12.2. The maximum atomic E-state index is 13.7. The average Bonchev–Trinajstić information content (AvgIpc) is 2.85. The monoisotopic (exact) mass is 416 g/mol. The fourth-order valence-corrected chi connectivity index (χ4v) is 5.83. The number of ketones is 1. The molecule has 0 heterocycles.